The minimum absolute atomic E-state index is 0.00434. The molecule has 0 unspecified atom stereocenters. The van der Waals surface area contributed by atoms with Crippen LogP contribution in [0.4, 0.5) is 0 Å². The first kappa shape index (κ1) is 13.9. The standard InChI is InChI=1S/C14H16ClNO3/c15-12-5-2-1-4-9(12)10-8-11(10)14(19)16-7-3-6-13(17)18/h1-2,4-5,10-11H,3,6-8H2,(H,16,19)(H,17,18)/t10-,11-/m0/s1. The zero-order valence-corrected chi connectivity index (χ0v) is 11.2. The Labute approximate surface area is 116 Å². The largest absolute Gasteiger partial charge is 0.481 e. The fourth-order valence-corrected chi connectivity index (χ4v) is 2.46. The van der Waals surface area contributed by atoms with Crippen LogP contribution in [-0.2, 0) is 9.59 Å². The van der Waals surface area contributed by atoms with Gasteiger partial charge in [-0.25, -0.2) is 0 Å². The number of carbonyl (C=O) groups excluding carboxylic acids is 1. The van der Waals surface area contributed by atoms with Gasteiger partial charge in [-0.15, -0.1) is 0 Å². The minimum Gasteiger partial charge on any atom is -0.481 e. The van der Waals surface area contributed by atoms with E-state index in [1.807, 2.05) is 24.3 Å². The number of aliphatic carboxylic acids is 1. The van der Waals surface area contributed by atoms with Gasteiger partial charge in [0.05, 0.1) is 0 Å². The van der Waals surface area contributed by atoms with E-state index in [-0.39, 0.29) is 24.2 Å². The number of carboxylic acid groups (broad SMARTS) is 1. The van der Waals surface area contributed by atoms with Crippen LogP contribution in [0, 0.1) is 5.92 Å². The average molecular weight is 282 g/mol. The molecule has 1 aliphatic rings. The summed E-state index contributed by atoms with van der Waals surface area (Å²) in [5, 5.41) is 12.0. The summed E-state index contributed by atoms with van der Waals surface area (Å²) in [5.41, 5.74) is 1.02. The van der Waals surface area contributed by atoms with Crippen LogP contribution in [0.3, 0.4) is 0 Å². The Morgan fingerprint density at radius 2 is 2.11 bits per heavy atom. The fourth-order valence-electron chi connectivity index (χ4n) is 2.19. The second kappa shape index (κ2) is 6.06. The van der Waals surface area contributed by atoms with Gasteiger partial charge in [0, 0.05) is 23.9 Å². The van der Waals surface area contributed by atoms with Crippen molar-refractivity contribution in [2.24, 2.45) is 5.92 Å². The summed E-state index contributed by atoms with van der Waals surface area (Å²) >= 11 is 6.09. The highest BCUT2D eigenvalue weighted by Gasteiger charge is 2.44. The van der Waals surface area contributed by atoms with Gasteiger partial charge in [0.15, 0.2) is 0 Å². The number of rotatable bonds is 6. The zero-order valence-electron chi connectivity index (χ0n) is 10.4. The highest BCUT2D eigenvalue weighted by atomic mass is 35.5. The lowest BCUT2D eigenvalue weighted by Gasteiger charge is -2.05. The van der Waals surface area contributed by atoms with Gasteiger partial charge in [-0.05, 0) is 30.4 Å². The third-order valence-corrected chi connectivity index (χ3v) is 3.64. The normalized spacial score (nSPS) is 20.9. The second-order valence-electron chi connectivity index (χ2n) is 4.76. The monoisotopic (exact) mass is 281 g/mol. The summed E-state index contributed by atoms with van der Waals surface area (Å²) in [5.74, 6) is -0.664. The Bertz CT molecular complexity index is 489. The van der Waals surface area contributed by atoms with Crippen LogP contribution in [0.5, 0.6) is 0 Å². The van der Waals surface area contributed by atoms with Crippen molar-refractivity contribution in [2.45, 2.75) is 25.2 Å². The molecule has 2 N–H and O–H groups in total. The quantitative estimate of drug-likeness (QED) is 0.787. The predicted molar refractivity (Wildman–Crippen MR) is 72.2 cm³/mol. The highest BCUT2D eigenvalue weighted by Crippen LogP contribution is 2.49. The van der Waals surface area contributed by atoms with Crippen LogP contribution in [0.25, 0.3) is 0 Å². The van der Waals surface area contributed by atoms with Gasteiger partial charge >= 0.3 is 5.97 Å². The van der Waals surface area contributed by atoms with E-state index < -0.39 is 5.97 Å². The molecule has 2 atom stereocenters. The number of nitrogens with one attached hydrogen (secondary N) is 1. The van der Waals surface area contributed by atoms with E-state index in [1.54, 1.807) is 0 Å². The Morgan fingerprint density at radius 3 is 2.79 bits per heavy atom. The van der Waals surface area contributed by atoms with Crippen molar-refractivity contribution in [3.8, 4) is 0 Å². The topological polar surface area (TPSA) is 66.4 Å². The van der Waals surface area contributed by atoms with Gasteiger partial charge in [-0.1, -0.05) is 29.8 Å². The molecule has 0 saturated heterocycles. The Kier molecular flexibility index (Phi) is 4.43. The van der Waals surface area contributed by atoms with E-state index in [0.717, 1.165) is 12.0 Å². The maximum Gasteiger partial charge on any atom is 0.303 e. The maximum atomic E-state index is 11.8. The lowest BCUT2D eigenvalue weighted by Crippen LogP contribution is -2.26. The van der Waals surface area contributed by atoms with Crippen LogP contribution in [0.1, 0.15) is 30.7 Å². The molecule has 5 heteroatoms. The van der Waals surface area contributed by atoms with Crippen molar-refractivity contribution in [1.29, 1.82) is 0 Å². The molecular formula is C14H16ClNO3. The fraction of sp³-hybridized carbons (Fsp3) is 0.429. The van der Waals surface area contributed by atoms with Crippen LogP contribution in [0.2, 0.25) is 5.02 Å². The number of carboxylic acids is 1. The molecule has 1 amide bonds. The molecule has 102 valence electrons. The lowest BCUT2D eigenvalue weighted by atomic mass is 10.1. The third-order valence-electron chi connectivity index (χ3n) is 3.30. The molecule has 2 rings (SSSR count). The van der Waals surface area contributed by atoms with Crippen LogP contribution in [-0.4, -0.2) is 23.5 Å². The SMILES string of the molecule is O=C(O)CCCNC(=O)[C@H]1C[C@H]1c1ccccc1Cl. The molecule has 19 heavy (non-hydrogen) atoms. The zero-order chi connectivity index (χ0) is 13.8. The first-order chi connectivity index (χ1) is 9.09. The molecule has 0 heterocycles. The molecule has 0 radical (unpaired) electrons. The second-order valence-corrected chi connectivity index (χ2v) is 5.17. The van der Waals surface area contributed by atoms with E-state index >= 15 is 0 Å². The maximum absolute atomic E-state index is 11.8. The molecule has 1 aliphatic carbocycles. The highest BCUT2D eigenvalue weighted by molar-refractivity contribution is 6.31. The number of hydrogen-bond acceptors (Lipinski definition) is 2. The molecule has 1 aromatic carbocycles. The molecule has 0 spiro atoms. The summed E-state index contributed by atoms with van der Waals surface area (Å²) < 4.78 is 0. The average Bonchev–Trinajstić information content (AvgIpc) is 3.15. The van der Waals surface area contributed by atoms with Crippen molar-refractivity contribution < 1.29 is 14.7 Å². The van der Waals surface area contributed by atoms with Crippen molar-refractivity contribution in [3.05, 3.63) is 34.9 Å². The van der Waals surface area contributed by atoms with E-state index in [4.69, 9.17) is 16.7 Å². The van der Waals surface area contributed by atoms with Gasteiger partial charge in [0.25, 0.3) is 0 Å². The first-order valence-electron chi connectivity index (χ1n) is 6.33. The molecule has 0 aliphatic heterocycles. The molecule has 1 saturated carbocycles. The Balaban J connectivity index is 1.78. The first-order valence-corrected chi connectivity index (χ1v) is 6.71. The number of halogens is 1. The number of carbonyl (C=O) groups is 2. The van der Waals surface area contributed by atoms with E-state index in [1.165, 1.54) is 0 Å². The predicted octanol–water partition coefficient (Wildman–Crippen LogP) is 2.42. The molecule has 0 aromatic heterocycles. The van der Waals surface area contributed by atoms with Crippen LogP contribution >= 0.6 is 11.6 Å². The van der Waals surface area contributed by atoms with Crippen molar-refractivity contribution in [2.75, 3.05) is 6.54 Å². The van der Waals surface area contributed by atoms with Gasteiger partial charge in [0.2, 0.25) is 5.91 Å². The van der Waals surface area contributed by atoms with Crippen molar-refractivity contribution in [3.63, 3.8) is 0 Å². The summed E-state index contributed by atoms with van der Waals surface area (Å²) in [6.07, 6.45) is 1.36. The molecule has 4 nitrogen and oxygen atoms in total. The number of hydrogen-bond donors (Lipinski definition) is 2. The molecule has 0 bridgehead atoms. The number of benzene rings is 1. The smallest absolute Gasteiger partial charge is 0.303 e. The van der Waals surface area contributed by atoms with Crippen molar-refractivity contribution in [1.82, 2.24) is 5.32 Å². The van der Waals surface area contributed by atoms with E-state index in [0.29, 0.717) is 18.0 Å². The third kappa shape index (κ3) is 3.70. The van der Waals surface area contributed by atoms with Crippen LogP contribution < -0.4 is 5.32 Å². The van der Waals surface area contributed by atoms with Crippen molar-refractivity contribution >= 4 is 23.5 Å². The summed E-state index contributed by atoms with van der Waals surface area (Å²) in [4.78, 5) is 22.2. The summed E-state index contributed by atoms with van der Waals surface area (Å²) in [6, 6.07) is 7.57. The van der Waals surface area contributed by atoms with E-state index in [9.17, 15) is 9.59 Å². The van der Waals surface area contributed by atoms with Gasteiger partial charge in [-0.2, -0.15) is 0 Å². The van der Waals surface area contributed by atoms with Gasteiger partial charge in [-0.3, -0.25) is 9.59 Å². The minimum atomic E-state index is -0.838. The van der Waals surface area contributed by atoms with E-state index in [2.05, 4.69) is 5.32 Å². The van der Waals surface area contributed by atoms with Gasteiger partial charge in [0.1, 0.15) is 0 Å². The molecular weight excluding hydrogens is 266 g/mol. The van der Waals surface area contributed by atoms with Gasteiger partial charge < -0.3 is 10.4 Å². The number of amides is 1. The van der Waals surface area contributed by atoms with Crippen LogP contribution in [0.15, 0.2) is 24.3 Å². The lowest BCUT2D eigenvalue weighted by molar-refractivity contribution is -0.137. The Hall–Kier alpha value is -1.55. The Morgan fingerprint density at radius 1 is 1.37 bits per heavy atom. The molecule has 1 fully saturated rings. The molecule has 1 aromatic rings. The summed E-state index contributed by atoms with van der Waals surface area (Å²) in [6.45, 7) is 0.414. The summed E-state index contributed by atoms with van der Waals surface area (Å²) in [7, 11) is 0.